The number of pyridine rings is 1. The van der Waals surface area contributed by atoms with Gasteiger partial charge in [-0.05, 0) is 57.4 Å². The lowest BCUT2D eigenvalue weighted by atomic mass is 9.96. The first-order chi connectivity index (χ1) is 16.2. The Balaban J connectivity index is 1.98. The van der Waals surface area contributed by atoms with Crippen molar-refractivity contribution in [2.24, 2.45) is 17.8 Å². The van der Waals surface area contributed by atoms with Crippen molar-refractivity contribution >= 4 is 17.4 Å². The second kappa shape index (κ2) is 10.6. The van der Waals surface area contributed by atoms with E-state index < -0.39 is 0 Å². The van der Waals surface area contributed by atoms with Crippen LogP contribution in [-0.4, -0.2) is 38.7 Å². The highest BCUT2D eigenvalue weighted by atomic mass is 16.1. The van der Waals surface area contributed by atoms with Crippen molar-refractivity contribution in [3.05, 3.63) is 80.1 Å². The van der Waals surface area contributed by atoms with Crippen molar-refractivity contribution in [3.63, 3.8) is 0 Å². The number of rotatable bonds is 6. The van der Waals surface area contributed by atoms with Crippen LogP contribution in [0.25, 0.3) is 11.6 Å². The van der Waals surface area contributed by atoms with Crippen LogP contribution in [0.3, 0.4) is 0 Å². The van der Waals surface area contributed by atoms with E-state index in [2.05, 4.69) is 40.9 Å². The standard InChI is InChI=1S/C27H36N6O/c1-8-9-24(17(2)12-25-31-18(3)13-26(34)32(25)7)33-11-10-23-22(16-33)14-21(15-30-23)27(19(4)28)20(5)29-6/h9,12-15H,8,10-11,16,28H2,1-7H3/b17-12-,24-9-,27-19+,29-20?. The van der Waals surface area contributed by atoms with Gasteiger partial charge >= 0.3 is 0 Å². The molecule has 0 aromatic carbocycles. The third kappa shape index (κ3) is 5.35. The average molecular weight is 461 g/mol. The van der Waals surface area contributed by atoms with Gasteiger partial charge in [0.2, 0.25) is 0 Å². The van der Waals surface area contributed by atoms with Gasteiger partial charge in [-0.2, -0.15) is 0 Å². The molecule has 7 heteroatoms. The Labute approximate surface area is 202 Å². The second-order valence-electron chi connectivity index (χ2n) is 8.85. The Kier molecular flexibility index (Phi) is 7.87. The van der Waals surface area contributed by atoms with Gasteiger partial charge in [0.05, 0.1) is 0 Å². The van der Waals surface area contributed by atoms with Crippen molar-refractivity contribution in [2.75, 3.05) is 13.6 Å². The maximum atomic E-state index is 12.2. The zero-order valence-corrected chi connectivity index (χ0v) is 21.4. The molecule has 0 fully saturated rings. The molecule has 0 atom stereocenters. The predicted octanol–water partition coefficient (Wildman–Crippen LogP) is 4.02. The third-order valence-corrected chi connectivity index (χ3v) is 6.21. The Bertz CT molecular complexity index is 1260. The number of hydrogen-bond acceptors (Lipinski definition) is 6. The highest BCUT2D eigenvalue weighted by Crippen LogP contribution is 2.28. The molecule has 0 saturated heterocycles. The molecule has 1 aliphatic heterocycles. The Morgan fingerprint density at radius 1 is 1.26 bits per heavy atom. The van der Waals surface area contributed by atoms with Gasteiger partial charge in [0.15, 0.2) is 0 Å². The Morgan fingerprint density at radius 2 is 2.00 bits per heavy atom. The van der Waals surface area contributed by atoms with E-state index in [1.54, 1.807) is 24.7 Å². The van der Waals surface area contributed by atoms with Crippen LogP contribution in [0.1, 0.15) is 62.5 Å². The van der Waals surface area contributed by atoms with Crippen LogP contribution in [0.15, 0.2) is 51.2 Å². The summed E-state index contributed by atoms with van der Waals surface area (Å²) in [6, 6.07) is 3.75. The van der Waals surface area contributed by atoms with Crippen LogP contribution in [0, 0.1) is 6.92 Å². The maximum Gasteiger partial charge on any atom is 0.253 e. The first-order valence-corrected chi connectivity index (χ1v) is 11.7. The summed E-state index contributed by atoms with van der Waals surface area (Å²) in [6.45, 7) is 11.6. The van der Waals surface area contributed by atoms with Crippen LogP contribution >= 0.6 is 0 Å². The molecule has 2 aromatic heterocycles. The molecule has 7 nitrogen and oxygen atoms in total. The quantitative estimate of drug-likeness (QED) is 0.519. The van der Waals surface area contributed by atoms with Gasteiger partial charge < -0.3 is 10.6 Å². The molecule has 180 valence electrons. The molecule has 3 heterocycles. The summed E-state index contributed by atoms with van der Waals surface area (Å²) in [5, 5.41) is 0. The van der Waals surface area contributed by atoms with Crippen LogP contribution in [0.5, 0.6) is 0 Å². The summed E-state index contributed by atoms with van der Waals surface area (Å²) in [5.74, 6) is 0.661. The highest BCUT2D eigenvalue weighted by Gasteiger charge is 2.22. The average Bonchev–Trinajstić information content (AvgIpc) is 2.79. The molecule has 34 heavy (non-hydrogen) atoms. The minimum atomic E-state index is -0.0527. The number of nitrogens with two attached hydrogens (primary N) is 1. The van der Waals surface area contributed by atoms with Gasteiger partial charge in [0.25, 0.3) is 5.56 Å². The molecule has 0 amide bonds. The molecule has 0 bridgehead atoms. The lowest BCUT2D eigenvalue weighted by molar-refractivity contribution is 0.324. The zero-order chi connectivity index (χ0) is 25.0. The topological polar surface area (TPSA) is 89.4 Å². The first-order valence-electron chi connectivity index (χ1n) is 11.7. The predicted molar refractivity (Wildman–Crippen MR) is 140 cm³/mol. The molecule has 0 radical (unpaired) electrons. The summed E-state index contributed by atoms with van der Waals surface area (Å²) in [6.07, 6.45) is 7.93. The summed E-state index contributed by atoms with van der Waals surface area (Å²) >= 11 is 0. The molecule has 0 unspecified atom stereocenters. The molecule has 0 spiro atoms. The van der Waals surface area contributed by atoms with E-state index in [1.807, 2.05) is 33.0 Å². The summed E-state index contributed by atoms with van der Waals surface area (Å²) in [5.41, 5.74) is 15.0. The fourth-order valence-electron chi connectivity index (χ4n) is 4.41. The number of aromatic nitrogens is 3. The monoisotopic (exact) mass is 460 g/mol. The number of hydrogen-bond donors (Lipinski definition) is 1. The summed E-state index contributed by atoms with van der Waals surface area (Å²) in [4.78, 5) is 28.3. The van der Waals surface area contributed by atoms with Gasteiger partial charge in [-0.15, -0.1) is 0 Å². The summed E-state index contributed by atoms with van der Waals surface area (Å²) in [7, 11) is 3.54. The molecule has 0 saturated carbocycles. The molecular weight excluding hydrogens is 424 g/mol. The molecule has 0 aliphatic carbocycles. The van der Waals surface area contributed by atoms with Gasteiger partial charge in [0, 0.05) is 85.5 Å². The second-order valence-corrected chi connectivity index (χ2v) is 8.85. The third-order valence-electron chi connectivity index (χ3n) is 6.21. The van der Waals surface area contributed by atoms with E-state index in [-0.39, 0.29) is 5.56 Å². The van der Waals surface area contributed by atoms with Crippen molar-refractivity contribution in [1.29, 1.82) is 0 Å². The number of nitrogens with zero attached hydrogens (tertiary/aromatic N) is 5. The smallest absolute Gasteiger partial charge is 0.253 e. The van der Waals surface area contributed by atoms with Gasteiger partial charge in [0.1, 0.15) is 5.82 Å². The van der Waals surface area contributed by atoms with E-state index >= 15 is 0 Å². The van der Waals surface area contributed by atoms with Crippen LogP contribution < -0.4 is 11.3 Å². The van der Waals surface area contributed by atoms with Crippen molar-refractivity contribution in [1.82, 2.24) is 19.4 Å². The minimum absolute atomic E-state index is 0.0527. The lowest BCUT2D eigenvalue weighted by Crippen LogP contribution is -2.31. The normalized spacial score (nSPS) is 15.9. The van der Waals surface area contributed by atoms with Crippen LogP contribution in [0.4, 0.5) is 0 Å². The Hall–Kier alpha value is -3.48. The van der Waals surface area contributed by atoms with Gasteiger partial charge in [-0.3, -0.25) is 19.3 Å². The largest absolute Gasteiger partial charge is 0.402 e. The number of allylic oxidation sites excluding steroid dienone is 4. The van der Waals surface area contributed by atoms with E-state index in [9.17, 15) is 4.79 Å². The van der Waals surface area contributed by atoms with E-state index in [0.717, 1.165) is 71.1 Å². The number of aliphatic imine (C=N–C) groups is 1. The lowest BCUT2D eigenvalue weighted by Gasteiger charge is -2.33. The number of aryl methyl sites for hydroxylation is 1. The van der Waals surface area contributed by atoms with E-state index in [4.69, 9.17) is 10.7 Å². The summed E-state index contributed by atoms with van der Waals surface area (Å²) < 4.78 is 1.59. The molecule has 2 N–H and O–H groups in total. The van der Waals surface area contributed by atoms with Crippen molar-refractivity contribution in [2.45, 2.75) is 54.0 Å². The molecule has 1 aliphatic rings. The van der Waals surface area contributed by atoms with Gasteiger partial charge in [-0.1, -0.05) is 13.0 Å². The molecular formula is C27H36N6O. The fourth-order valence-corrected chi connectivity index (χ4v) is 4.41. The maximum absolute atomic E-state index is 12.2. The highest BCUT2D eigenvalue weighted by molar-refractivity contribution is 6.23. The molecule has 2 aromatic rings. The van der Waals surface area contributed by atoms with Crippen molar-refractivity contribution < 1.29 is 0 Å². The van der Waals surface area contributed by atoms with Crippen molar-refractivity contribution in [3.8, 4) is 0 Å². The number of fused-ring (bicyclic) bond motifs is 1. The van der Waals surface area contributed by atoms with Gasteiger partial charge in [-0.25, -0.2) is 4.98 Å². The molecule has 3 rings (SSSR count). The van der Waals surface area contributed by atoms with Crippen LogP contribution in [0.2, 0.25) is 0 Å². The Morgan fingerprint density at radius 3 is 2.65 bits per heavy atom. The van der Waals surface area contributed by atoms with Crippen LogP contribution in [-0.2, 0) is 20.0 Å². The SMILES string of the molecule is CC/C=C(/C(C)=C\c1nc(C)cc(=O)n1C)N1CCc2ncc(/C(C(C)=NC)=C(\C)N)cc2C1. The van der Waals surface area contributed by atoms with E-state index in [0.29, 0.717) is 5.82 Å². The fraction of sp³-hybridized carbons (Fsp3) is 0.407. The minimum Gasteiger partial charge on any atom is -0.402 e. The zero-order valence-electron chi connectivity index (χ0n) is 21.4. The van der Waals surface area contributed by atoms with E-state index in [1.165, 1.54) is 5.56 Å². The first kappa shape index (κ1) is 25.1.